The molecule has 0 fully saturated rings. The van der Waals surface area contributed by atoms with Crippen LogP contribution in [0.3, 0.4) is 0 Å². The minimum Gasteiger partial charge on any atom is -0.311 e. The Morgan fingerprint density at radius 1 is 0.333 bits per heavy atom. The van der Waals surface area contributed by atoms with Crippen molar-refractivity contribution in [2.45, 2.75) is 23.7 Å². The molecule has 0 aliphatic heterocycles. The van der Waals surface area contributed by atoms with Gasteiger partial charge in [-0.3, -0.25) is 0 Å². The Hall–Kier alpha value is -6.96. The molecule has 0 spiro atoms. The number of allylic oxidation sites excluding steroid dienone is 4. The molecule has 3 aliphatic carbocycles. The Morgan fingerprint density at radius 3 is 1.26 bits per heavy atom. The highest BCUT2D eigenvalue weighted by Gasteiger charge is 2.48. The summed E-state index contributed by atoms with van der Waals surface area (Å²) in [5, 5.41) is 0. The molecule has 0 bridgehead atoms. The number of benzene rings is 8. The van der Waals surface area contributed by atoms with Gasteiger partial charge >= 0.3 is 0 Å². The summed E-state index contributed by atoms with van der Waals surface area (Å²) in [6.45, 7) is 0. The van der Waals surface area contributed by atoms with E-state index >= 15 is 0 Å². The van der Waals surface area contributed by atoms with Gasteiger partial charge in [0.05, 0.1) is 10.8 Å². The normalized spacial score (nSPS) is 17.1. The molecule has 0 N–H and O–H groups in total. The third-order valence-electron chi connectivity index (χ3n) is 12.7. The zero-order valence-electron chi connectivity index (χ0n) is 31.7. The maximum atomic E-state index is 2.40. The molecule has 8 aromatic carbocycles. The molecule has 0 saturated heterocycles. The largest absolute Gasteiger partial charge is 0.311 e. The lowest BCUT2D eigenvalue weighted by molar-refractivity contribution is 0.756. The molecular weight excluding hydrogens is 687 g/mol. The smallest absolute Gasteiger partial charge is 0.0713 e. The Bertz CT molecular complexity index is 2770. The predicted molar refractivity (Wildman–Crippen MR) is 236 cm³/mol. The number of hydrogen-bond donors (Lipinski definition) is 0. The van der Waals surface area contributed by atoms with E-state index in [2.05, 4.69) is 229 Å². The molecule has 1 heteroatoms. The van der Waals surface area contributed by atoms with Crippen LogP contribution in [0.25, 0.3) is 16.7 Å². The second-order valence-corrected chi connectivity index (χ2v) is 15.5. The molecule has 270 valence electrons. The van der Waals surface area contributed by atoms with Gasteiger partial charge in [-0.2, -0.15) is 0 Å². The van der Waals surface area contributed by atoms with Crippen molar-refractivity contribution >= 4 is 22.6 Å². The van der Waals surface area contributed by atoms with Gasteiger partial charge in [0, 0.05) is 17.1 Å². The molecule has 0 saturated carbocycles. The van der Waals surface area contributed by atoms with Gasteiger partial charge in [-0.1, -0.05) is 188 Å². The first-order chi connectivity index (χ1) is 28.3. The predicted octanol–water partition coefficient (Wildman–Crippen LogP) is 14.0. The highest BCUT2D eigenvalue weighted by atomic mass is 15.1. The summed E-state index contributed by atoms with van der Waals surface area (Å²) >= 11 is 0. The number of rotatable bonds is 7. The third-order valence-corrected chi connectivity index (χ3v) is 12.7. The number of para-hydroxylation sites is 1. The second kappa shape index (κ2) is 13.4. The Morgan fingerprint density at radius 2 is 0.719 bits per heavy atom. The quantitative estimate of drug-likeness (QED) is 0.158. The van der Waals surface area contributed by atoms with Crippen molar-refractivity contribution in [2.75, 3.05) is 4.90 Å². The molecular formula is C56H41N. The molecule has 0 aromatic heterocycles. The highest BCUT2D eigenvalue weighted by molar-refractivity contribution is 5.89. The van der Waals surface area contributed by atoms with E-state index < -0.39 is 5.41 Å². The summed E-state index contributed by atoms with van der Waals surface area (Å²) < 4.78 is 0. The lowest BCUT2D eigenvalue weighted by atomic mass is 9.66. The lowest BCUT2D eigenvalue weighted by Gasteiger charge is -2.36. The molecule has 0 radical (unpaired) electrons. The fraction of sp³-hybridized carbons (Fsp3) is 0.0714. The minimum atomic E-state index is -0.434. The van der Waals surface area contributed by atoms with E-state index in [1.165, 1.54) is 66.8 Å². The molecule has 3 aliphatic rings. The van der Waals surface area contributed by atoms with Gasteiger partial charge in [0.1, 0.15) is 0 Å². The topological polar surface area (TPSA) is 3.24 Å². The van der Waals surface area contributed by atoms with Gasteiger partial charge < -0.3 is 4.90 Å². The van der Waals surface area contributed by atoms with Crippen LogP contribution in [-0.2, 0) is 10.8 Å². The highest BCUT2D eigenvalue weighted by Crippen LogP contribution is 2.58. The SMILES string of the molecule is C1=CC2=C(CC1)c1ccccc1C2(c1ccccc1)c1ccc(N(c2ccccc2)c2ccc(C3(c4ccccc4)c4ccccc4-c4ccccc43)cc2)cc1. The van der Waals surface area contributed by atoms with Gasteiger partial charge in [0.25, 0.3) is 0 Å². The standard InChI is InChI=1S/C56H41N/c1-4-18-40(19-5-1)55(51-28-14-10-24-47(51)48-25-11-15-29-52(48)55)42-32-36-45(37-33-42)57(44-22-8-3-9-23-44)46-38-34-43(35-39-46)56(41-20-6-2-7-21-41)53-30-16-12-26-49(53)50-27-13-17-31-54(50)56/h1-12,14-26,28-39H,13,27H2. The number of fused-ring (bicyclic) bond motifs is 5. The van der Waals surface area contributed by atoms with Crippen LogP contribution in [0.15, 0.2) is 230 Å². The van der Waals surface area contributed by atoms with Crippen molar-refractivity contribution in [3.8, 4) is 11.1 Å². The van der Waals surface area contributed by atoms with Crippen molar-refractivity contribution in [2.24, 2.45) is 0 Å². The Labute approximate surface area is 335 Å². The van der Waals surface area contributed by atoms with Crippen molar-refractivity contribution in [3.05, 3.63) is 275 Å². The van der Waals surface area contributed by atoms with Gasteiger partial charge in [-0.25, -0.2) is 0 Å². The first kappa shape index (κ1) is 33.4. The zero-order chi connectivity index (χ0) is 37.8. The van der Waals surface area contributed by atoms with Gasteiger partial charge in [0.2, 0.25) is 0 Å². The molecule has 0 amide bonds. The fourth-order valence-electron chi connectivity index (χ4n) is 10.4. The fourth-order valence-corrected chi connectivity index (χ4v) is 10.4. The zero-order valence-corrected chi connectivity index (χ0v) is 31.7. The van der Waals surface area contributed by atoms with Crippen LogP contribution in [0.5, 0.6) is 0 Å². The van der Waals surface area contributed by atoms with Gasteiger partial charge in [-0.05, 0) is 116 Å². The van der Waals surface area contributed by atoms with E-state index in [1.54, 1.807) is 0 Å². The summed E-state index contributed by atoms with van der Waals surface area (Å²) in [4.78, 5) is 2.39. The lowest BCUT2D eigenvalue weighted by Crippen LogP contribution is -2.29. The summed E-state index contributed by atoms with van der Waals surface area (Å²) in [5.41, 5.74) is 18.6. The monoisotopic (exact) mass is 727 g/mol. The van der Waals surface area contributed by atoms with E-state index in [0.717, 1.165) is 29.9 Å². The third kappa shape index (κ3) is 4.89. The van der Waals surface area contributed by atoms with Crippen LogP contribution in [0, 0.1) is 0 Å². The van der Waals surface area contributed by atoms with E-state index in [0.29, 0.717) is 0 Å². The molecule has 1 nitrogen and oxygen atoms in total. The summed E-state index contributed by atoms with van der Waals surface area (Å²) in [6.07, 6.45) is 6.91. The minimum absolute atomic E-state index is 0.387. The maximum absolute atomic E-state index is 2.40. The van der Waals surface area contributed by atoms with E-state index in [1.807, 2.05) is 0 Å². The molecule has 0 heterocycles. The maximum Gasteiger partial charge on any atom is 0.0713 e. The van der Waals surface area contributed by atoms with E-state index in [9.17, 15) is 0 Å². The Kier molecular flexibility index (Phi) is 7.82. The van der Waals surface area contributed by atoms with Crippen molar-refractivity contribution in [1.29, 1.82) is 0 Å². The number of anilines is 3. The average molecular weight is 728 g/mol. The first-order valence-corrected chi connectivity index (χ1v) is 20.2. The van der Waals surface area contributed by atoms with Crippen molar-refractivity contribution in [3.63, 3.8) is 0 Å². The van der Waals surface area contributed by atoms with Crippen LogP contribution in [0.4, 0.5) is 17.1 Å². The second-order valence-electron chi connectivity index (χ2n) is 15.5. The van der Waals surface area contributed by atoms with Gasteiger partial charge in [-0.15, -0.1) is 0 Å². The Balaban J connectivity index is 1.06. The molecule has 57 heavy (non-hydrogen) atoms. The number of hydrogen-bond acceptors (Lipinski definition) is 1. The van der Waals surface area contributed by atoms with Crippen LogP contribution in [-0.4, -0.2) is 0 Å². The average Bonchev–Trinajstić information content (AvgIpc) is 3.77. The summed E-state index contributed by atoms with van der Waals surface area (Å²) in [5.74, 6) is 0. The molecule has 8 aromatic rings. The van der Waals surface area contributed by atoms with Crippen LogP contribution in [0.1, 0.15) is 57.3 Å². The van der Waals surface area contributed by atoms with Crippen molar-refractivity contribution < 1.29 is 0 Å². The summed E-state index contributed by atoms with van der Waals surface area (Å²) in [7, 11) is 0. The molecule has 1 unspecified atom stereocenters. The number of nitrogens with zero attached hydrogens (tertiary/aromatic N) is 1. The van der Waals surface area contributed by atoms with Crippen LogP contribution in [0.2, 0.25) is 0 Å². The first-order valence-electron chi connectivity index (χ1n) is 20.2. The molecule has 1 atom stereocenters. The van der Waals surface area contributed by atoms with Crippen LogP contribution < -0.4 is 4.90 Å². The van der Waals surface area contributed by atoms with E-state index in [-0.39, 0.29) is 5.41 Å². The molecule has 11 rings (SSSR count). The summed E-state index contributed by atoms with van der Waals surface area (Å²) in [6, 6.07) is 78.6. The van der Waals surface area contributed by atoms with Crippen LogP contribution >= 0.6 is 0 Å². The van der Waals surface area contributed by atoms with Gasteiger partial charge in [0.15, 0.2) is 0 Å². The van der Waals surface area contributed by atoms with E-state index in [4.69, 9.17) is 0 Å². The van der Waals surface area contributed by atoms with Crippen molar-refractivity contribution in [1.82, 2.24) is 0 Å².